The van der Waals surface area contributed by atoms with Crippen molar-refractivity contribution in [3.63, 3.8) is 0 Å². The lowest BCUT2D eigenvalue weighted by Gasteiger charge is -2.09. The number of hydrogen-bond donors (Lipinski definition) is 1. The second-order valence-electron chi connectivity index (χ2n) is 7.98. The van der Waals surface area contributed by atoms with Crippen molar-refractivity contribution in [3.8, 4) is 0 Å². The van der Waals surface area contributed by atoms with Crippen LogP contribution in [0.4, 0.5) is 0 Å². The lowest BCUT2D eigenvalue weighted by molar-refractivity contribution is 0.0695. The fourth-order valence-electron chi connectivity index (χ4n) is 3.95. The van der Waals surface area contributed by atoms with Gasteiger partial charge in [-0.3, -0.25) is 4.98 Å². The molecule has 2 aromatic carbocycles. The number of aromatic carboxylic acids is 1. The highest BCUT2D eigenvalue weighted by molar-refractivity contribution is 6.30. The quantitative estimate of drug-likeness (QED) is 0.425. The molecule has 1 saturated carbocycles. The first-order valence-electron chi connectivity index (χ1n) is 10.1. The Morgan fingerprint density at radius 3 is 2.57 bits per heavy atom. The second-order valence-corrected chi connectivity index (χ2v) is 8.42. The monoisotopic (exact) mass is 416 g/mol. The minimum atomic E-state index is -0.907. The predicted molar refractivity (Wildman–Crippen MR) is 118 cm³/mol. The van der Waals surface area contributed by atoms with E-state index < -0.39 is 5.97 Å². The lowest BCUT2D eigenvalue weighted by Crippen LogP contribution is -2.07. The number of carboxylic acid groups (broad SMARTS) is 1. The van der Waals surface area contributed by atoms with Gasteiger partial charge in [-0.05, 0) is 77.2 Å². The van der Waals surface area contributed by atoms with Crippen LogP contribution >= 0.6 is 11.6 Å². The van der Waals surface area contributed by atoms with Gasteiger partial charge in [0.05, 0.1) is 11.3 Å². The molecule has 0 amide bonds. The van der Waals surface area contributed by atoms with E-state index in [1.165, 1.54) is 5.56 Å². The zero-order valence-corrected chi connectivity index (χ0v) is 17.1. The van der Waals surface area contributed by atoms with Crippen LogP contribution in [0.25, 0.3) is 10.9 Å². The van der Waals surface area contributed by atoms with E-state index in [1.807, 2.05) is 36.5 Å². The number of benzene rings is 2. The van der Waals surface area contributed by atoms with Crippen molar-refractivity contribution < 1.29 is 9.90 Å². The fraction of sp³-hybridized carbons (Fsp3) is 0.200. The van der Waals surface area contributed by atoms with Gasteiger partial charge in [0, 0.05) is 35.9 Å². The lowest BCUT2D eigenvalue weighted by atomic mass is 10.0. The van der Waals surface area contributed by atoms with E-state index in [-0.39, 0.29) is 0 Å². The molecule has 5 heteroatoms. The van der Waals surface area contributed by atoms with E-state index in [2.05, 4.69) is 40.0 Å². The molecule has 0 atom stereocenters. The maximum atomic E-state index is 11.8. The molecule has 0 aliphatic heterocycles. The van der Waals surface area contributed by atoms with Crippen molar-refractivity contribution in [1.82, 2.24) is 9.55 Å². The van der Waals surface area contributed by atoms with Crippen LogP contribution in [0.1, 0.15) is 51.5 Å². The van der Waals surface area contributed by atoms with E-state index in [1.54, 1.807) is 0 Å². The number of nitrogens with zero attached hydrogens (tertiary/aromatic N) is 2. The molecule has 30 heavy (non-hydrogen) atoms. The Hall–Kier alpha value is -3.11. The van der Waals surface area contributed by atoms with Gasteiger partial charge in [-0.1, -0.05) is 29.8 Å². The number of halogens is 1. The Kier molecular flexibility index (Phi) is 4.80. The SMILES string of the molecule is O=C(O)c1cc(C2CC2)cnc1Cc1ccc2c(ccn2Cc2ccc(Cl)cc2)c1. The molecule has 0 spiro atoms. The summed E-state index contributed by atoms with van der Waals surface area (Å²) >= 11 is 5.98. The van der Waals surface area contributed by atoms with Crippen LogP contribution in [0.3, 0.4) is 0 Å². The number of hydrogen-bond acceptors (Lipinski definition) is 2. The normalized spacial score (nSPS) is 13.6. The van der Waals surface area contributed by atoms with Crippen LogP contribution in [0.15, 0.2) is 67.0 Å². The number of carbonyl (C=O) groups is 1. The molecule has 0 radical (unpaired) electrons. The van der Waals surface area contributed by atoms with Crippen molar-refractivity contribution in [2.24, 2.45) is 0 Å². The fourth-order valence-corrected chi connectivity index (χ4v) is 4.08. The molecule has 5 rings (SSSR count). The molecule has 1 fully saturated rings. The summed E-state index contributed by atoms with van der Waals surface area (Å²) in [5.74, 6) is -0.420. The van der Waals surface area contributed by atoms with Gasteiger partial charge in [0.1, 0.15) is 0 Å². The molecule has 0 saturated heterocycles. The summed E-state index contributed by atoms with van der Waals surface area (Å²) in [5, 5.41) is 11.5. The highest BCUT2D eigenvalue weighted by Gasteiger charge is 2.25. The maximum absolute atomic E-state index is 11.8. The van der Waals surface area contributed by atoms with Crippen molar-refractivity contribution in [3.05, 3.63) is 100.0 Å². The van der Waals surface area contributed by atoms with E-state index in [9.17, 15) is 9.90 Å². The van der Waals surface area contributed by atoms with E-state index in [0.717, 1.165) is 46.4 Å². The Morgan fingerprint density at radius 1 is 1.07 bits per heavy atom. The van der Waals surface area contributed by atoms with Gasteiger partial charge in [-0.2, -0.15) is 0 Å². The predicted octanol–water partition coefficient (Wildman–Crippen LogP) is 5.90. The van der Waals surface area contributed by atoms with Gasteiger partial charge in [-0.25, -0.2) is 4.79 Å². The average Bonchev–Trinajstić information content (AvgIpc) is 3.52. The summed E-state index contributed by atoms with van der Waals surface area (Å²) in [7, 11) is 0. The standard InChI is InChI=1S/C25H21ClN2O2/c26-21-6-1-16(2-7-21)15-28-10-9-19-11-17(3-8-24(19)28)12-23-22(25(29)30)13-20(14-27-23)18-4-5-18/h1-3,6-11,13-14,18H,4-5,12,15H2,(H,29,30). The van der Waals surface area contributed by atoms with Crippen LogP contribution in [0.5, 0.6) is 0 Å². The Labute approximate surface area is 179 Å². The van der Waals surface area contributed by atoms with E-state index in [4.69, 9.17) is 11.6 Å². The van der Waals surface area contributed by atoms with E-state index >= 15 is 0 Å². The number of pyridine rings is 1. The van der Waals surface area contributed by atoms with Crippen LogP contribution in [0.2, 0.25) is 5.02 Å². The molecular formula is C25H21ClN2O2. The van der Waals surface area contributed by atoms with E-state index in [0.29, 0.717) is 23.6 Å². The largest absolute Gasteiger partial charge is 0.478 e. The second kappa shape index (κ2) is 7.62. The smallest absolute Gasteiger partial charge is 0.337 e. The van der Waals surface area contributed by atoms with Crippen LogP contribution in [-0.4, -0.2) is 20.6 Å². The highest BCUT2D eigenvalue weighted by Crippen LogP contribution is 2.40. The molecule has 0 bridgehead atoms. The van der Waals surface area contributed by atoms with Crippen molar-refractivity contribution in [2.45, 2.75) is 31.7 Å². The topological polar surface area (TPSA) is 55.1 Å². The Balaban J connectivity index is 1.41. The van der Waals surface area contributed by atoms with Crippen molar-refractivity contribution >= 4 is 28.5 Å². The molecule has 1 aliphatic rings. The number of fused-ring (bicyclic) bond motifs is 1. The third kappa shape index (κ3) is 3.83. The molecule has 1 N–H and O–H groups in total. The summed E-state index contributed by atoms with van der Waals surface area (Å²) in [5.41, 5.74) is 5.37. The summed E-state index contributed by atoms with van der Waals surface area (Å²) in [6.07, 6.45) is 6.69. The maximum Gasteiger partial charge on any atom is 0.337 e. The van der Waals surface area contributed by atoms with Crippen LogP contribution in [0, 0.1) is 0 Å². The molecule has 2 heterocycles. The van der Waals surface area contributed by atoms with Gasteiger partial charge in [-0.15, -0.1) is 0 Å². The molecular weight excluding hydrogens is 396 g/mol. The number of aromatic nitrogens is 2. The average molecular weight is 417 g/mol. The minimum absolute atomic E-state index is 0.319. The zero-order valence-electron chi connectivity index (χ0n) is 16.4. The Morgan fingerprint density at radius 2 is 1.83 bits per heavy atom. The van der Waals surface area contributed by atoms with Crippen molar-refractivity contribution in [2.75, 3.05) is 0 Å². The zero-order chi connectivity index (χ0) is 20.7. The first-order valence-corrected chi connectivity index (χ1v) is 10.5. The Bertz CT molecular complexity index is 1240. The van der Waals surface area contributed by atoms with Gasteiger partial charge in [0.15, 0.2) is 0 Å². The van der Waals surface area contributed by atoms with Gasteiger partial charge in [0.2, 0.25) is 0 Å². The van der Waals surface area contributed by atoms with Crippen molar-refractivity contribution in [1.29, 1.82) is 0 Å². The van der Waals surface area contributed by atoms with Gasteiger partial charge in [0.25, 0.3) is 0 Å². The molecule has 150 valence electrons. The van der Waals surface area contributed by atoms with Gasteiger partial charge < -0.3 is 9.67 Å². The first kappa shape index (κ1) is 18.9. The highest BCUT2D eigenvalue weighted by atomic mass is 35.5. The minimum Gasteiger partial charge on any atom is -0.478 e. The third-order valence-corrected chi connectivity index (χ3v) is 6.00. The molecule has 0 unspecified atom stereocenters. The first-order chi connectivity index (χ1) is 14.6. The molecule has 4 aromatic rings. The summed E-state index contributed by atoms with van der Waals surface area (Å²) in [4.78, 5) is 16.3. The third-order valence-electron chi connectivity index (χ3n) is 5.74. The number of rotatable bonds is 6. The molecule has 2 aromatic heterocycles. The van der Waals surface area contributed by atoms with Crippen LogP contribution < -0.4 is 0 Å². The molecule has 1 aliphatic carbocycles. The van der Waals surface area contributed by atoms with Crippen LogP contribution in [-0.2, 0) is 13.0 Å². The summed E-state index contributed by atoms with van der Waals surface area (Å²) < 4.78 is 2.20. The molecule has 4 nitrogen and oxygen atoms in total. The number of carboxylic acids is 1. The summed E-state index contributed by atoms with van der Waals surface area (Å²) in [6, 6.07) is 18.1. The summed E-state index contributed by atoms with van der Waals surface area (Å²) in [6.45, 7) is 0.771. The van der Waals surface area contributed by atoms with Gasteiger partial charge >= 0.3 is 5.97 Å².